The molecular formula is C23H29N9O10P2S2. The lowest BCUT2D eigenvalue weighted by Gasteiger charge is -2.28. The topological polar surface area (TPSA) is 254 Å². The molecule has 46 heavy (non-hydrogen) atoms. The number of ether oxygens (including phenoxy) is 1. The van der Waals surface area contributed by atoms with Crippen molar-refractivity contribution in [3.63, 3.8) is 0 Å². The van der Waals surface area contributed by atoms with Gasteiger partial charge in [0.2, 0.25) is 0 Å². The fraction of sp³-hybridized carbons (Fsp3) is 0.565. The molecule has 2 saturated heterocycles. The summed E-state index contributed by atoms with van der Waals surface area (Å²) in [7, 11) is 0. The quantitative estimate of drug-likeness (QED) is 0.128. The van der Waals surface area contributed by atoms with Gasteiger partial charge in [-0.05, 0) is 13.3 Å². The number of nitrogens with zero attached hydrogens (tertiary/aromatic N) is 7. The molecular weight excluding hydrogens is 688 g/mol. The fourth-order valence-corrected chi connectivity index (χ4v) is 9.31. The van der Waals surface area contributed by atoms with Crippen molar-refractivity contribution in [2.45, 2.75) is 50.0 Å². The van der Waals surface area contributed by atoms with Crippen molar-refractivity contribution in [1.82, 2.24) is 39.0 Å². The Morgan fingerprint density at radius 3 is 2.48 bits per heavy atom. The summed E-state index contributed by atoms with van der Waals surface area (Å²) in [6.45, 7) is -8.15. The number of nitrogen functional groups attached to an aromatic ring is 1. The van der Waals surface area contributed by atoms with Gasteiger partial charge in [-0.3, -0.25) is 22.9 Å². The van der Waals surface area contributed by atoms with E-state index in [9.17, 15) is 24.1 Å². The molecule has 19 nitrogen and oxygen atoms in total. The predicted molar refractivity (Wildman–Crippen MR) is 165 cm³/mol. The second-order valence-corrected chi connectivity index (χ2v) is 16.9. The molecule has 248 valence electrons. The summed E-state index contributed by atoms with van der Waals surface area (Å²) in [4.78, 5) is 36.0. The molecule has 0 spiro atoms. The highest BCUT2D eigenvalue weighted by Crippen LogP contribution is 2.61. The van der Waals surface area contributed by atoms with Crippen LogP contribution in [-0.2, 0) is 32.0 Å². The van der Waals surface area contributed by atoms with Gasteiger partial charge in [0.25, 0.3) is 5.56 Å². The van der Waals surface area contributed by atoms with Gasteiger partial charge >= 0.3 is 13.6 Å². The number of H-pyrrole nitrogens is 1. The Bertz CT molecular complexity index is 1960. The third-order valence-corrected chi connectivity index (χ3v) is 11.6. The first-order valence-corrected chi connectivity index (χ1v) is 19.4. The van der Waals surface area contributed by atoms with Crippen LogP contribution in [0.1, 0.15) is 24.5 Å². The number of hydrogen-bond donors (Lipinski definition) is 6. The van der Waals surface area contributed by atoms with E-state index in [0.717, 1.165) is 0 Å². The van der Waals surface area contributed by atoms with E-state index in [1.165, 1.54) is 23.5 Å². The highest BCUT2D eigenvalue weighted by atomic mass is 32.7. The number of nitrogens with one attached hydrogen (secondary N) is 1. The number of thiol groups is 2. The summed E-state index contributed by atoms with van der Waals surface area (Å²) >= 11 is 8.38. The maximum Gasteiger partial charge on any atom is 0.386 e. The number of nitrogens with two attached hydrogens (primary N) is 1. The Morgan fingerprint density at radius 2 is 1.72 bits per heavy atom. The van der Waals surface area contributed by atoms with E-state index in [-0.39, 0.29) is 30.0 Å². The number of rotatable bonds is 3. The summed E-state index contributed by atoms with van der Waals surface area (Å²) in [6, 6.07) is -0.712. The molecule has 3 fully saturated rings. The summed E-state index contributed by atoms with van der Waals surface area (Å²) in [5.74, 6) is -1.18. The molecule has 1 aliphatic carbocycles. The van der Waals surface area contributed by atoms with Gasteiger partial charge in [0.15, 0.2) is 28.9 Å². The van der Waals surface area contributed by atoms with Crippen LogP contribution in [0, 0.1) is 18.8 Å². The van der Waals surface area contributed by atoms with E-state index in [1.54, 1.807) is 11.5 Å². The first-order chi connectivity index (χ1) is 21.9. The summed E-state index contributed by atoms with van der Waals surface area (Å²) in [5, 5.41) is 21.8. The molecule has 5 N–H and O–H groups in total. The second-order valence-electron chi connectivity index (χ2n) is 11.2. The van der Waals surface area contributed by atoms with Gasteiger partial charge in [-0.15, -0.1) is 0 Å². The van der Waals surface area contributed by atoms with E-state index in [0.29, 0.717) is 17.0 Å². The zero-order valence-corrected chi connectivity index (χ0v) is 27.4. The second kappa shape index (κ2) is 11.9. The van der Waals surface area contributed by atoms with Crippen molar-refractivity contribution < 1.29 is 42.2 Å². The number of hydrogen-bond acceptors (Lipinski definition) is 16. The van der Waals surface area contributed by atoms with Crippen molar-refractivity contribution in [1.29, 1.82) is 0 Å². The number of aromatic nitrogens is 8. The lowest BCUT2D eigenvalue weighted by atomic mass is 9.99. The number of aliphatic hydroxyl groups excluding tert-OH is 2. The Kier molecular flexibility index (Phi) is 8.33. The van der Waals surface area contributed by atoms with Gasteiger partial charge in [0.1, 0.15) is 36.0 Å². The Labute approximate surface area is 269 Å². The Hall–Kier alpha value is -2.42. The van der Waals surface area contributed by atoms with Gasteiger partial charge in [0.05, 0.1) is 44.6 Å². The van der Waals surface area contributed by atoms with Crippen molar-refractivity contribution in [2.75, 3.05) is 25.6 Å². The summed E-state index contributed by atoms with van der Waals surface area (Å²) in [6.07, 6.45) is -1.66. The highest BCUT2D eigenvalue weighted by molar-refractivity contribution is 8.44. The molecule has 0 aromatic carbocycles. The molecule has 6 heterocycles. The maximum atomic E-state index is 13.7. The fourth-order valence-electron chi connectivity index (χ4n) is 6.25. The predicted octanol–water partition coefficient (Wildman–Crippen LogP) is 1.17. The van der Waals surface area contributed by atoms with Crippen LogP contribution in [-0.4, -0.2) is 93.5 Å². The van der Waals surface area contributed by atoms with Crippen LogP contribution in [0.3, 0.4) is 0 Å². The van der Waals surface area contributed by atoms with E-state index in [2.05, 4.69) is 54.4 Å². The molecule has 7 rings (SSSR count). The minimum atomic E-state index is -4.24. The molecule has 10 atom stereocenters. The van der Waals surface area contributed by atoms with Crippen LogP contribution in [0.15, 0.2) is 23.8 Å². The molecule has 1 saturated carbocycles. The molecule has 4 aromatic rings. The summed E-state index contributed by atoms with van der Waals surface area (Å²) in [5.41, 5.74) is 6.29. The molecule has 23 heteroatoms. The zero-order chi connectivity index (χ0) is 32.5. The number of aromatic amines is 1. The first kappa shape index (κ1) is 32.1. The van der Waals surface area contributed by atoms with Crippen LogP contribution in [0.2, 0.25) is 0 Å². The monoisotopic (exact) mass is 717 g/mol. The lowest BCUT2D eigenvalue weighted by molar-refractivity contribution is -0.0501. The molecule has 4 aromatic heterocycles. The molecule has 0 unspecified atom stereocenters. The normalized spacial score (nSPS) is 37.2. The highest BCUT2D eigenvalue weighted by Gasteiger charge is 2.52. The number of anilines is 1. The van der Waals surface area contributed by atoms with Gasteiger partial charge in [-0.25, -0.2) is 34.0 Å². The average molecular weight is 718 g/mol. The molecule has 3 aliphatic rings. The van der Waals surface area contributed by atoms with E-state index >= 15 is 0 Å². The van der Waals surface area contributed by atoms with Gasteiger partial charge in [-0.1, -0.05) is 24.5 Å². The third-order valence-electron chi connectivity index (χ3n) is 8.38. The van der Waals surface area contributed by atoms with Crippen LogP contribution in [0.5, 0.6) is 0 Å². The van der Waals surface area contributed by atoms with Crippen molar-refractivity contribution in [3.8, 4) is 0 Å². The SMILES string of the molecule is Cc1nc2c(ncn2[C@@H]2O[C@@H]3CO[P@@](=O)(S)O[C@@H]4[C@@H](CO[P@](=O)(S)O[C@@H]2[C@@H]3CO)C[C@@H](n2cnc3c(N)ncnc32)[C@@H]4O)c(=O)[nH]1. The van der Waals surface area contributed by atoms with E-state index in [1.807, 2.05) is 0 Å². The smallest absolute Gasteiger partial charge is 0.386 e. The van der Waals surface area contributed by atoms with Crippen LogP contribution in [0.4, 0.5) is 5.82 Å². The number of imidazole rings is 2. The molecule has 0 amide bonds. The average Bonchev–Trinajstić information content (AvgIpc) is 3.75. The van der Waals surface area contributed by atoms with Gasteiger partial charge in [-0.2, -0.15) is 0 Å². The maximum absolute atomic E-state index is 13.7. The number of aliphatic hydroxyl groups is 2. The Morgan fingerprint density at radius 1 is 1.02 bits per heavy atom. The molecule has 2 aliphatic heterocycles. The number of fused-ring (bicyclic) bond motifs is 5. The van der Waals surface area contributed by atoms with Crippen molar-refractivity contribution >= 4 is 66.2 Å². The molecule has 0 radical (unpaired) electrons. The van der Waals surface area contributed by atoms with Gasteiger partial charge < -0.3 is 34.8 Å². The largest absolute Gasteiger partial charge is 0.396 e. The standard InChI is InChI=1S/C23H29N9O10P2S2/c1-9-29-21-15(22(35)30-9)28-8-32(21)23-18-11(3-33)13(40-23)5-39-44(37,46)41-17-10(4-38-43(36,45)42-18)2-12(16(17)34)31-7-27-14-19(24)25-6-26-20(14)31/h6-8,10-13,16-18,23,33-34H,2-5H2,1H3,(H,36,45)(H,37,46)(H2,24,25,26)(H,29,30,35)/t10-,11-,12-,13-,16+,17-,18-,23-,43+,44-/m1/s1. The van der Waals surface area contributed by atoms with E-state index < -0.39 is 80.9 Å². The van der Waals surface area contributed by atoms with Crippen LogP contribution < -0.4 is 11.3 Å². The van der Waals surface area contributed by atoms with Crippen molar-refractivity contribution in [2.24, 2.45) is 11.8 Å². The minimum Gasteiger partial charge on any atom is -0.396 e. The zero-order valence-electron chi connectivity index (χ0n) is 23.8. The number of aryl methyl sites for hydroxylation is 1. The van der Waals surface area contributed by atoms with Gasteiger partial charge in [0, 0.05) is 11.8 Å². The summed E-state index contributed by atoms with van der Waals surface area (Å²) < 4.78 is 59.6. The van der Waals surface area contributed by atoms with Crippen molar-refractivity contribution in [3.05, 3.63) is 35.2 Å². The lowest BCUT2D eigenvalue weighted by Crippen LogP contribution is -2.33. The van der Waals surface area contributed by atoms with Crippen LogP contribution >= 0.6 is 38.1 Å². The first-order valence-electron chi connectivity index (χ1n) is 14.0. The molecule has 2 bridgehead atoms. The van der Waals surface area contributed by atoms with Crippen LogP contribution in [0.25, 0.3) is 22.3 Å². The third kappa shape index (κ3) is 5.70. The minimum absolute atomic E-state index is 0.0152. The van der Waals surface area contributed by atoms with E-state index in [4.69, 9.17) is 28.6 Å². The Balaban J connectivity index is 1.22.